The van der Waals surface area contributed by atoms with Gasteiger partial charge in [0.2, 0.25) is 5.91 Å². The maximum absolute atomic E-state index is 11.3. The van der Waals surface area contributed by atoms with Crippen molar-refractivity contribution < 1.29 is 9.21 Å². The lowest BCUT2D eigenvalue weighted by atomic mass is 10.1. The third kappa shape index (κ3) is 3.35. The molecule has 4 rings (SSSR count). The van der Waals surface area contributed by atoms with Gasteiger partial charge in [-0.15, -0.1) is 11.3 Å². The maximum Gasteiger partial charge on any atom is 0.248 e. The van der Waals surface area contributed by atoms with Gasteiger partial charge in [-0.25, -0.2) is 4.98 Å². The molecule has 2 heterocycles. The molecule has 0 saturated carbocycles. The minimum absolute atomic E-state index is 0.411. The Morgan fingerprint density at radius 1 is 1.19 bits per heavy atom. The van der Waals surface area contributed by atoms with Gasteiger partial charge in [0, 0.05) is 23.8 Å². The van der Waals surface area contributed by atoms with E-state index in [1.165, 1.54) is 5.56 Å². The first-order valence-electron chi connectivity index (χ1n) is 8.83. The van der Waals surface area contributed by atoms with Crippen molar-refractivity contribution in [2.24, 2.45) is 5.73 Å². The predicted molar refractivity (Wildman–Crippen MR) is 106 cm³/mol. The fourth-order valence-corrected chi connectivity index (χ4v) is 4.15. The highest BCUT2D eigenvalue weighted by molar-refractivity contribution is 7.18. The lowest BCUT2D eigenvalue weighted by molar-refractivity contribution is 0.100. The molecule has 0 spiro atoms. The number of benzene rings is 2. The van der Waals surface area contributed by atoms with E-state index in [-0.39, 0.29) is 0 Å². The summed E-state index contributed by atoms with van der Waals surface area (Å²) >= 11 is 1.60. The Bertz CT molecular complexity index is 1090. The molecule has 0 aliphatic carbocycles. The maximum atomic E-state index is 11.3. The predicted octanol–water partition coefficient (Wildman–Crippen LogP) is 5.07. The number of carbonyl (C=O) groups excluding carboxylic acids is 1. The summed E-state index contributed by atoms with van der Waals surface area (Å²) in [6, 6.07) is 13.9. The van der Waals surface area contributed by atoms with E-state index in [1.54, 1.807) is 17.4 Å². The van der Waals surface area contributed by atoms with Gasteiger partial charge < -0.3 is 10.2 Å². The fourth-order valence-electron chi connectivity index (χ4n) is 3.11. The van der Waals surface area contributed by atoms with Crippen molar-refractivity contribution >= 4 is 38.4 Å². The zero-order valence-corrected chi connectivity index (χ0v) is 15.4. The molecular formula is C21H20N2O2S. The van der Waals surface area contributed by atoms with Crippen LogP contribution in [0.2, 0.25) is 0 Å². The van der Waals surface area contributed by atoms with Gasteiger partial charge >= 0.3 is 0 Å². The van der Waals surface area contributed by atoms with Crippen molar-refractivity contribution in [3.63, 3.8) is 0 Å². The van der Waals surface area contributed by atoms with Gasteiger partial charge in [0.25, 0.3) is 0 Å². The summed E-state index contributed by atoms with van der Waals surface area (Å²) in [5.41, 5.74) is 8.92. The van der Waals surface area contributed by atoms with E-state index in [9.17, 15) is 4.79 Å². The standard InChI is InChI=1S/C21H20N2O2S/c1-2-3-4-16-11-15-9-13(5-8-18(15)25-16)10-20-23-17-7-6-14(21(22)24)12-19(17)26-20/h5-9,11-12H,2-4,10H2,1H3,(H2,22,24). The molecule has 0 aliphatic heterocycles. The first-order chi connectivity index (χ1) is 12.6. The molecule has 2 aromatic heterocycles. The van der Waals surface area contributed by atoms with Crippen LogP contribution in [0.1, 0.15) is 46.5 Å². The average Bonchev–Trinajstić information content (AvgIpc) is 3.21. The summed E-state index contributed by atoms with van der Waals surface area (Å²) in [6.07, 6.45) is 4.06. The number of carbonyl (C=O) groups is 1. The third-order valence-electron chi connectivity index (χ3n) is 4.48. The molecule has 0 unspecified atom stereocenters. The van der Waals surface area contributed by atoms with Gasteiger partial charge in [-0.1, -0.05) is 19.4 Å². The number of aryl methyl sites for hydroxylation is 1. The molecule has 26 heavy (non-hydrogen) atoms. The molecule has 0 fully saturated rings. The SMILES string of the molecule is CCCCc1cc2cc(Cc3nc4ccc(C(N)=O)cc4s3)ccc2o1. The van der Waals surface area contributed by atoms with Crippen molar-refractivity contribution in [3.05, 3.63) is 64.4 Å². The van der Waals surface area contributed by atoms with Crippen molar-refractivity contribution in [2.75, 3.05) is 0 Å². The van der Waals surface area contributed by atoms with E-state index < -0.39 is 5.91 Å². The molecular weight excluding hydrogens is 344 g/mol. The first-order valence-corrected chi connectivity index (χ1v) is 9.64. The van der Waals surface area contributed by atoms with Crippen LogP contribution >= 0.6 is 11.3 Å². The minimum atomic E-state index is -0.411. The van der Waals surface area contributed by atoms with Gasteiger partial charge in [0.1, 0.15) is 11.3 Å². The average molecular weight is 364 g/mol. The van der Waals surface area contributed by atoms with Gasteiger partial charge in [-0.3, -0.25) is 4.79 Å². The quantitative estimate of drug-likeness (QED) is 0.519. The number of thiazole rings is 1. The first kappa shape index (κ1) is 16.8. The van der Waals surface area contributed by atoms with Crippen LogP contribution in [0.3, 0.4) is 0 Å². The molecule has 4 aromatic rings. The van der Waals surface area contributed by atoms with Gasteiger partial charge in [-0.2, -0.15) is 0 Å². The number of aromatic nitrogens is 1. The molecule has 0 atom stereocenters. The number of nitrogens with zero attached hydrogens (tertiary/aromatic N) is 1. The Labute approximate surface area is 155 Å². The highest BCUT2D eigenvalue weighted by Gasteiger charge is 2.10. The Kier molecular flexibility index (Phi) is 4.47. The minimum Gasteiger partial charge on any atom is -0.461 e. The number of rotatable bonds is 6. The van der Waals surface area contributed by atoms with Crippen LogP contribution in [0, 0.1) is 0 Å². The Morgan fingerprint density at radius 2 is 2.08 bits per heavy atom. The summed E-state index contributed by atoms with van der Waals surface area (Å²) in [7, 11) is 0. The van der Waals surface area contributed by atoms with Gasteiger partial charge in [0.05, 0.1) is 15.2 Å². The number of furan rings is 1. The second-order valence-electron chi connectivity index (χ2n) is 6.52. The number of hydrogen-bond acceptors (Lipinski definition) is 4. The van der Waals surface area contributed by atoms with Crippen LogP contribution in [-0.4, -0.2) is 10.9 Å². The van der Waals surface area contributed by atoms with Crippen molar-refractivity contribution in [2.45, 2.75) is 32.6 Å². The third-order valence-corrected chi connectivity index (χ3v) is 5.50. The molecule has 2 aromatic carbocycles. The summed E-state index contributed by atoms with van der Waals surface area (Å²) in [5, 5.41) is 2.17. The van der Waals surface area contributed by atoms with Crippen molar-refractivity contribution in [1.82, 2.24) is 4.98 Å². The summed E-state index contributed by atoms with van der Waals surface area (Å²) in [5.74, 6) is 0.643. The van der Waals surface area contributed by atoms with Gasteiger partial charge in [0.15, 0.2) is 0 Å². The molecule has 1 amide bonds. The summed E-state index contributed by atoms with van der Waals surface area (Å²) < 4.78 is 6.89. The molecule has 132 valence electrons. The number of amides is 1. The lowest BCUT2D eigenvalue weighted by Crippen LogP contribution is -2.10. The highest BCUT2D eigenvalue weighted by Crippen LogP contribution is 2.27. The van der Waals surface area contributed by atoms with E-state index >= 15 is 0 Å². The van der Waals surface area contributed by atoms with E-state index in [0.29, 0.717) is 5.56 Å². The largest absolute Gasteiger partial charge is 0.461 e. The zero-order chi connectivity index (χ0) is 18.1. The molecule has 2 N–H and O–H groups in total. The van der Waals surface area contributed by atoms with Crippen molar-refractivity contribution in [3.8, 4) is 0 Å². The molecule has 0 saturated heterocycles. The molecule has 0 bridgehead atoms. The fraction of sp³-hybridized carbons (Fsp3) is 0.238. The second kappa shape index (κ2) is 6.92. The lowest BCUT2D eigenvalue weighted by Gasteiger charge is -1.97. The molecule has 0 aliphatic rings. The van der Waals surface area contributed by atoms with Crippen LogP contribution in [0.15, 0.2) is 46.9 Å². The normalized spacial score (nSPS) is 11.4. The van der Waals surface area contributed by atoms with Crippen LogP contribution in [0.25, 0.3) is 21.2 Å². The number of unbranched alkanes of at least 4 members (excludes halogenated alkanes) is 1. The van der Waals surface area contributed by atoms with Crippen LogP contribution in [0.4, 0.5) is 0 Å². The number of primary amides is 1. The Morgan fingerprint density at radius 3 is 2.88 bits per heavy atom. The monoisotopic (exact) mass is 364 g/mol. The second-order valence-corrected chi connectivity index (χ2v) is 7.63. The Balaban J connectivity index is 1.59. The van der Waals surface area contributed by atoms with Crippen LogP contribution < -0.4 is 5.73 Å². The van der Waals surface area contributed by atoms with E-state index in [4.69, 9.17) is 10.2 Å². The Hall–Kier alpha value is -2.66. The number of nitrogens with two attached hydrogens (primary N) is 1. The molecule has 5 heteroatoms. The molecule has 0 radical (unpaired) electrons. The summed E-state index contributed by atoms with van der Waals surface area (Å²) in [6.45, 7) is 2.19. The smallest absolute Gasteiger partial charge is 0.248 e. The van der Waals surface area contributed by atoms with Gasteiger partial charge in [-0.05, 0) is 48.4 Å². The van der Waals surface area contributed by atoms with Crippen molar-refractivity contribution in [1.29, 1.82) is 0 Å². The van der Waals surface area contributed by atoms with Crippen LogP contribution in [-0.2, 0) is 12.8 Å². The van der Waals surface area contributed by atoms with Crippen LogP contribution in [0.5, 0.6) is 0 Å². The van der Waals surface area contributed by atoms with E-state index in [2.05, 4.69) is 30.1 Å². The van der Waals surface area contributed by atoms with E-state index in [0.717, 1.165) is 57.6 Å². The van der Waals surface area contributed by atoms with E-state index in [1.807, 2.05) is 18.2 Å². The highest BCUT2D eigenvalue weighted by atomic mass is 32.1. The topological polar surface area (TPSA) is 69.1 Å². The summed E-state index contributed by atoms with van der Waals surface area (Å²) in [4.78, 5) is 16.0. The zero-order valence-electron chi connectivity index (χ0n) is 14.6. The number of fused-ring (bicyclic) bond motifs is 2. The number of hydrogen-bond donors (Lipinski definition) is 1. The molecule has 4 nitrogen and oxygen atoms in total.